The molecule has 0 aliphatic carbocycles. The molecule has 0 radical (unpaired) electrons. The first kappa shape index (κ1) is 56.5. The standard InChI is InChI=1S/C12H11F3N2O3.C12H13F3N2O.C7H3BrF3NO2.C5H9NO.3CH4.H2/c13-12(14,15)9-7-8(17(19)20)4-5-10(9)16-6-2-1-3-11(16)18;13-12(14,15)9-7-8(16)4-5-10(9)17-6-2-1-3-11(17)18;8-6-2-1-4(12(13)14)3-5(6)7(9,10)11;7-5-3-1-2-4-6-5;;;;/h4-5,7H,1-3,6H2;4-5,7H,1-3,6,16H2;1-3H;1-4H2,(H,6,7);3*1H4;1H. The Morgan fingerprint density at radius 1 is 0.597 bits per heavy atom. The average molecular weight is 966 g/mol. The van der Waals surface area contributed by atoms with Crippen molar-refractivity contribution in [1.82, 2.24) is 5.32 Å². The molecule has 0 atom stereocenters. The van der Waals surface area contributed by atoms with Crippen LogP contribution in [0.2, 0.25) is 0 Å². The Balaban J connectivity index is 0. The summed E-state index contributed by atoms with van der Waals surface area (Å²) in [4.78, 5) is 55.0. The van der Waals surface area contributed by atoms with Crippen molar-refractivity contribution in [3.63, 3.8) is 0 Å². The second-order valence-electron chi connectivity index (χ2n) is 13.0. The number of nitrogen functional groups attached to an aromatic ring is 1. The van der Waals surface area contributed by atoms with Crippen LogP contribution in [0.1, 0.15) is 98.2 Å². The Kier molecular flexibility index (Phi) is 22.1. The molecule has 0 aromatic heterocycles. The molecule has 0 spiro atoms. The Hall–Kier alpha value is -5.48. The maximum atomic E-state index is 13.0. The molecular weight excluding hydrogens is 915 g/mol. The summed E-state index contributed by atoms with van der Waals surface area (Å²) >= 11 is 2.67. The van der Waals surface area contributed by atoms with Gasteiger partial charge < -0.3 is 20.9 Å². The Bertz CT molecular complexity index is 2010. The highest BCUT2D eigenvalue weighted by Crippen LogP contribution is 2.41. The van der Waals surface area contributed by atoms with Crippen LogP contribution in [0.15, 0.2) is 59.1 Å². The van der Waals surface area contributed by atoms with Gasteiger partial charge in [0.15, 0.2) is 0 Å². The summed E-state index contributed by atoms with van der Waals surface area (Å²) in [6.45, 7) is 1.41. The van der Waals surface area contributed by atoms with Crippen molar-refractivity contribution < 1.29 is 65.2 Å². The lowest BCUT2D eigenvalue weighted by Gasteiger charge is -2.29. The van der Waals surface area contributed by atoms with Crippen LogP contribution in [-0.2, 0) is 32.9 Å². The molecule has 3 heterocycles. The van der Waals surface area contributed by atoms with Crippen molar-refractivity contribution in [2.24, 2.45) is 0 Å². The number of anilines is 3. The van der Waals surface area contributed by atoms with Gasteiger partial charge in [-0.3, -0.25) is 34.6 Å². The number of nitrogens with two attached hydrogens (primary N) is 1. The van der Waals surface area contributed by atoms with Gasteiger partial charge in [-0.2, -0.15) is 39.5 Å². The van der Waals surface area contributed by atoms with Gasteiger partial charge in [-0.15, -0.1) is 0 Å². The number of benzene rings is 3. The monoisotopic (exact) mass is 964 g/mol. The highest BCUT2D eigenvalue weighted by Gasteiger charge is 2.39. The quantitative estimate of drug-likeness (QED) is 0.112. The normalized spacial score (nSPS) is 15.2. The van der Waals surface area contributed by atoms with Gasteiger partial charge in [0, 0.05) is 74.7 Å². The zero-order valence-electron chi connectivity index (χ0n) is 30.7. The number of nitrogens with one attached hydrogen (secondary N) is 1. The van der Waals surface area contributed by atoms with Crippen LogP contribution in [0.3, 0.4) is 0 Å². The fourth-order valence-corrected chi connectivity index (χ4v) is 6.28. The SMILES string of the molecule is C.C.C.Nc1ccc(N2CCCCC2=O)c(C(F)(F)F)c1.O=C1CCCCN1.O=C1CCCCN1c1ccc([N+](=O)[O-])cc1C(F)(F)F.O=[N+]([O-])c1ccc(Br)c(C(F)(F)F)c1.[HH]. The molecule has 3 saturated heterocycles. The first-order valence-electron chi connectivity index (χ1n) is 17.6. The molecule has 3 amide bonds. The van der Waals surface area contributed by atoms with Gasteiger partial charge in [0.25, 0.3) is 11.4 Å². The van der Waals surface area contributed by atoms with Gasteiger partial charge in [0.05, 0.1) is 37.9 Å². The number of nitro groups is 2. The molecule has 6 rings (SSSR count). The lowest BCUT2D eigenvalue weighted by atomic mass is 10.1. The number of piperidine rings is 3. The van der Waals surface area contributed by atoms with Gasteiger partial charge in [-0.1, -0.05) is 38.2 Å². The van der Waals surface area contributed by atoms with E-state index in [2.05, 4.69) is 21.2 Å². The largest absolute Gasteiger partial charge is 0.418 e. The van der Waals surface area contributed by atoms with Crippen molar-refractivity contribution in [3.05, 3.63) is 96.0 Å². The van der Waals surface area contributed by atoms with E-state index >= 15 is 0 Å². The van der Waals surface area contributed by atoms with Crippen LogP contribution in [0.5, 0.6) is 0 Å². The molecular formula is C39H50BrF9N6O7. The molecule has 62 heavy (non-hydrogen) atoms. The van der Waals surface area contributed by atoms with E-state index in [9.17, 15) is 74.1 Å². The molecule has 3 N–H and O–H groups in total. The minimum absolute atomic E-state index is 0. The van der Waals surface area contributed by atoms with Crippen LogP contribution < -0.4 is 20.9 Å². The van der Waals surface area contributed by atoms with Crippen molar-refractivity contribution in [3.8, 4) is 0 Å². The molecule has 23 heteroatoms. The number of rotatable bonds is 4. The first-order valence-corrected chi connectivity index (χ1v) is 18.4. The van der Waals surface area contributed by atoms with Crippen LogP contribution >= 0.6 is 15.9 Å². The summed E-state index contributed by atoms with van der Waals surface area (Å²) in [6, 6.07) is 8.45. The molecule has 3 aliphatic rings. The number of hydrogen-bond acceptors (Lipinski definition) is 8. The second kappa shape index (κ2) is 24.2. The van der Waals surface area contributed by atoms with Gasteiger partial charge >= 0.3 is 18.5 Å². The maximum absolute atomic E-state index is 13.0. The van der Waals surface area contributed by atoms with E-state index in [1.165, 1.54) is 17.0 Å². The van der Waals surface area contributed by atoms with Crippen LogP contribution in [0.25, 0.3) is 0 Å². The van der Waals surface area contributed by atoms with Gasteiger partial charge in [0.2, 0.25) is 17.7 Å². The van der Waals surface area contributed by atoms with E-state index in [1.54, 1.807) is 0 Å². The lowest BCUT2D eigenvalue weighted by molar-refractivity contribution is -0.385. The Morgan fingerprint density at radius 2 is 1.00 bits per heavy atom. The summed E-state index contributed by atoms with van der Waals surface area (Å²) < 4.78 is 114. The summed E-state index contributed by atoms with van der Waals surface area (Å²) in [5.74, 6) is -0.446. The zero-order valence-corrected chi connectivity index (χ0v) is 32.3. The number of carbonyl (C=O) groups is 3. The van der Waals surface area contributed by atoms with Crippen LogP contribution in [0.4, 0.5) is 68.0 Å². The number of hydrogen-bond donors (Lipinski definition) is 2. The number of nitro benzene ring substituents is 2. The third kappa shape index (κ3) is 16.4. The average Bonchev–Trinajstić information content (AvgIpc) is 3.15. The molecule has 3 aromatic rings. The summed E-state index contributed by atoms with van der Waals surface area (Å²) in [6.07, 6.45) is -7.71. The highest BCUT2D eigenvalue weighted by atomic mass is 79.9. The van der Waals surface area contributed by atoms with E-state index in [0.29, 0.717) is 44.4 Å². The van der Waals surface area contributed by atoms with Gasteiger partial charge in [0.1, 0.15) is 0 Å². The Labute approximate surface area is 361 Å². The minimum Gasteiger partial charge on any atom is -0.399 e. The first-order chi connectivity index (χ1) is 27.4. The second-order valence-corrected chi connectivity index (χ2v) is 13.8. The zero-order chi connectivity index (χ0) is 44.3. The summed E-state index contributed by atoms with van der Waals surface area (Å²) in [5, 5.41) is 23.5. The van der Waals surface area contributed by atoms with Gasteiger partial charge in [-0.25, -0.2) is 0 Å². The van der Waals surface area contributed by atoms with E-state index in [1.807, 2.05) is 0 Å². The number of amides is 3. The topological polar surface area (TPSA) is 182 Å². The van der Waals surface area contributed by atoms with Crippen molar-refractivity contribution in [1.29, 1.82) is 0 Å². The molecule has 0 unspecified atom stereocenters. The van der Waals surface area contributed by atoms with E-state index in [4.69, 9.17) is 5.73 Å². The van der Waals surface area contributed by atoms with Crippen molar-refractivity contribution >= 4 is 62.1 Å². The molecule has 3 fully saturated rings. The summed E-state index contributed by atoms with van der Waals surface area (Å²) in [7, 11) is 0. The predicted octanol–water partition coefficient (Wildman–Crippen LogP) is 11.8. The number of non-ortho nitro benzene ring substituents is 2. The van der Waals surface area contributed by atoms with E-state index in [0.717, 1.165) is 67.5 Å². The molecule has 13 nitrogen and oxygen atoms in total. The van der Waals surface area contributed by atoms with Crippen molar-refractivity contribution in [2.75, 3.05) is 35.2 Å². The van der Waals surface area contributed by atoms with Crippen molar-refractivity contribution in [2.45, 2.75) is 98.6 Å². The lowest BCUT2D eigenvalue weighted by Crippen LogP contribution is -2.36. The number of carbonyl (C=O) groups excluding carboxylic acids is 3. The fraction of sp³-hybridized carbons (Fsp3) is 0.462. The van der Waals surface area contributed by atoms with Crippen LogP contribution in [0, 0.1) is 20.2 Å². The minimum atomic E-state index is -4.75. The molecule has 3 aliphatic heterocycles. The molecule has 0 saturated carbocycles. The highest BCUT2D eigenvalue weighted by molar-refractivity contribution is 9.10. The molecule has 348 valence electrons. The molecule has 3 aromatic carbocycles. The smallest absolute Gasteiger partial charge is 0.399 e. The summed E-state index contributed by atoms with van der Waals surface area (Å²) in [5.41, 5.74) is 0.734. The predicted molar refractivity (Wildman–Crippen MR) is 221 cm³/mol. The van der Waals surface area contributed by atoms with Gasteiger partial charge in [-0.05, 0) is 68.9 Å². The third-order valence-electron chi connectivity index (χ3n) is 8.67. The van der Waals surface area contributed by atoms with E-state index < -0.39 is 62.3 Å². The number of alkyl halides is 9. The van der Waals surface area contributed by atoms with E-state index in [-0.39, 0.29) is 70.0 Å². The van der Waals surface area contributed by atoms with Crippen LogP contribution in [-0.4, -0.2) is 47.2 Å². The molecule has 0 bridgehead atoms. The number of nitrogens with zero attached hydrogens (tertiary/aromatic N) is 4. The Morgan fingerprint density at radius 3 is 1.37 bits per heavy atom. The number of halogens is 10. The fourth-order valence-electron chi connectivity index (χ4n) is 5.81. The maximum Gasteiger partial charge on any atom is 0.418 e. The third-order valence-corrected chi connectivity index (χ3v) is 9.36.